The number of piperidine rings is 1. The van der Waals surface area contributed by atoms with Gasteiger partial charge in [-0.1, -0.05) is 0 Å². The molecule has 0 bridgehead atoms. The fourth-order valence-electron chi connectivity index (χ4n) is 2.78. The lowest BCUT2D eigenvalue weighted by Crippen LogP contribution is -2.42. The van der Waals surface area contributed by atoms with E-state index in [9.17, 15) is 4.79 Å². The lowest BCUT2D eigenvalue weighted by atomic mass is 9.89. The number of hydrogen-bond acceptors (Lipinski definition) is 3. The number of nitrogens with zero attached hydrogens (tertiary/aromatic N) is 1. The van der Waals surface area contributed by atoms with Gasteiger partial charge in [-0.2, -0.15) is 0 Å². The van der Waals surface area contributed by atoms with Crippen molar-refractivity contribution in [3.63, 3.8) is 0 Å². The van der Waals surface area contributed by atoms with Gasteiger partial charge in [-0.25, -0.2) is 4.79 Å². The second-order valence-electron chi connectivity index (χ2n) is 7.15. The van der Waals surface area contributed by atoms with Gasteiger partial charge < -0.3 is 15.4 Å². The van der Waals surface area contributed by atoms with Gasteiger partial charge in [-0.05, 0) is 64.7 Å². The third-order valence-electron chi connectivity index (χ3n) is 4.10. The molecule has 0 radical (unpaired) electrons. The first-order valence-electron chi connectivity index (χ1n) is 7.58. The summed E-state index contributed by atoms with van der Waals surface area (Å²) in [6, 6.07) is 0.387. The minimum atomic E-state index is -0.401. The zero-order valence-electron chi connectivity index (χ0n) is 12.9. The Labute approximate surface area is 128 Å². The Morgan fingerprint density at radius 2 is 1.80 bits per heavy atom. The molecule has 2 aliphatic rings. The van der Waals surface area contributed by atoms with Gasteiger partial charge in [0, 0.05) is 19.1 Å². The van der Waals surface area contributed by atoms with Crippen LogP contribution in [0.25, 0.3) is 0 Å². The number of carbonyl (C=O) groups is 1. The molecule has 5 heteroatoms. The van der Waals surface area contributed by atoms with Crippen LogP contribution in [0.2, 0.25) is 0 Å². The maximum atomic E-state index is 11.9. The number of rotatable bonds is 3. The number of nitrogens with two attached hydrogens (primary N) is 1. The van der Waals surface area contributed by atoms with Crippen LogP contribution < -0.4 is 5.73 Å². The molecule has 0 aromatic heterocycles. The predicted molar refractivity (Wildman–Crippen MR) is 83.1 cm³/mol. The van der Waals surface area contributed by atoms with E-state index in [1.807, 2.05) is 25.7 Å². The standard InChI is InChI=1S/C15H28N2O2.ClH/c1-15(2,3)19-14(18)17-8-6-11(7-9-17)10-13(16)12-4-5-12;/h11-13H,4-10,16H2,1-3H3;1H. The molecule has 1 aliphatic carbocycles. The van der Waals surface area contributed by atoms with Gasteiger partial charge in [0.15, 0.2) is 0 Å². The van der Waals surface area contributed by atoms with Crippen molar-refractivity contribution in [3.05, 3.63) is 0 Å². The monoisotopic (exact) mass is 304 g/mol. The first-order chi connectivity index (χ1) is 8.85. The second-order valence-corrected chi connectivity index (χ2v) is 7.15. The first-order valence-corrected chi connectivity index (χ1v) is 7.58. The van der Waals surface area contributed by atoms with Gasteiger partial charge in [0.1, 0.15) is 5.60 Å². The van der Waals surface area contributed by atoms with Gasteiger partial charge in [-0.3, -0.25) is 0 Å². The number of likely N-dealkylation sites (tertiary alicyclic amines) is 1. The van der Waals surface area contributed by atoms with Crippen molar-refractivity contribution >= 4 is 18.5 Å². The molecule has 1 saturated carbocycles. The van der Waals surface area contributed by atoms with E-state index in [4.69, 9.17) is 10.5 Å². The summed E-state index contributed by atoms with van der Waals surface area (Å²) < 4.78 is 5.40. The average Bonchev–Trinajstić information content (AvgIpc) is 3.11. The van der Waals surface area contributed by atoms with Crippen LogP contribution in [0.5, 0.6) is 0 Å². The van der Waals surface area contributed by atoms with Gasteiger partial charge >= 0.3 is 6.09 Å². The van der Waals surface area contributed by atoms with Gasteiger partial charge in [0.2, 0.25) is 0 Å². The number of halogens is 1. The topological polar surface area (TPSA) is 55.6 Å². The molecule has 2 fully saturated rings. The van der Waals surface area contributed by atoms with Crippen LogP contribution in [0.3, 0.4) is 0 Å². The zero-order chi connectivity index (χ0) is 14.0. The number of hydrogen-bond donors (Lipinski definition) is 1. The van der Waals surface area contributed by atoms with E-state index in [0.29, 0.717) is 12.0 Å². The average molecular weight is 305 g/mol. The van der Waals surface area contributed by atoms with Crippen LogP contribution in [0, 0.1) is 11.8 Å². The smallest absolute Gasteiger partial charge is 0.410 e. The third kappa shape index (κ3) is 5.49. The fourth-order valence-corrected chi connectivity index (χ4v) is 2.78. The predicted octanol–water partition coefficient (Wildman–Crippen LogP) is 3.18. The number of ether oxygens (including phenoxy) is 1. The molecule has 2 N–H and O–H groups in total. The van der Waals surface area contributed by atoms with Crippen LogP contribution in [0.15, 0.2) is 0 Å². The van der Waals surface area contributed by atoms with Crippen molar-refractivity contribution < 1.29 is 9.53 Å². The summed E-state index contributed by atoms with van der Waals surface area (Å²) in [6.07, 6.45) is 5.74. The van der Waals surface area contributed by atoms with Crippen molar-refractivity contribution in [1.82, 2.24) is 4.90 Å². The Hall–Kier alpha value is -0.480. The summed E-state index contributed by atoms with van der Waals surface area (Å²) in [6.45, 7) is 7.36. The molecule has 20 heavy (non-hydrogen) atoms. The van der Waals surface area contributed by atoms with Crippen LogP contribution >= 0.6 is 12.4 Å². The molecule has 1 aliphatic heterocycles. The SMILES string of the molecule is CC(C)(C)OC(=O)N1CCC(CC(N)C2CC2)CC1.Cl. The molecular weight excluding hydrogens is 276 g/mol. The van der Waals surface area contributed by atoms with Crippen LogP contribution in [0.1, 0.15) is 52.9 Å². The maximum absolute atomic E-state index is 11.9. The normalized spacial score (nSPS) is 22.1. The summed E-state index contributed by atoms with van der Waals surface area (Å²) >= 11 is 0. The van der Waals surface area contributed by atoms with Crippen molar-refractivity contribution in [3.8, 4) is 0 Å². The van der Waals surface area contributed by atoms with E-state index < -0.39 is 5.60 Å². The Morgan fingerprint density at radius 3 is 2.25 bits per heavy atom. The molecule has 2 rings (SSSR count). The Morgan fingerprint density at radius 1 is 1.25 bits per heavy atom. The van der Waals surface area contributed by atoms with E-state index in [2.05, 4.69) is 0 Å². The molecule has 4 nitrogen and oxygen atoms in total. The van der Waals surface area contributed by atoms with E-state index >= 15 is 0 Å². The lowest BCUT2D eigenvalue weighted by Gasteiger charge is -2.34. The molecular formula is C15H29ClN2O2. The Bertz CT molecular complexity index is 318. The lowest BCUT2D eigenvalue weighted by molar-refractivity contribution is 0.0178. The quantitative estimate of drug-likeness (QED) is 0.871. The van der Waals surface area contributed by atoms with Gasteiger partial charge in [0.25, 0.3) is 0 Å². The summed E-state index contributed by atoms with van der Waals surface area (Å²) in [5, 5.41) is 0. The van der Waals surface area contributed by atoms with Crippen LogP contribution in [-0.4, -0.2) is 35.7 Å². The van der Waals surface area contributed by atoms with Gasteiger partial charge in [0.05, 0.1) is 0 Å². The van der Waals surface area contributed by atoms with Crippen LogP contribution in [0.4, 0.5) is 4.79 Å². The molecule has 1 heterocycles. The summed E-state index contributed by atoms with van der Waals surface area (Å²) in [5.41, 5.74) is 5.78. The third-order valence-corrected chi connectivity index (χ3v) is 4.10. The molecule has 118 valence electrons. The molecule has 1 saturated heterocycles. The summed E-state index contributed by atoms with van der Waals surface area (Å²) in [5.74, 6) is 1.47. The molecule has 0 spiro atoms. The van der Waals surface area contributed by atoms with E-state index in [1.165, 1.54) is 12.8 Å². The molecule has 1 unspecified atom stereocenters. The van der Waals surface area contributed by atoms with E-state index in [-0.39, 0.29) is 18.5 Å². The highest BCUT2D eigenvalue weighted by Crippen LogP contribution is 2.35. The minimum Gasteiger partial charge on any atom is -0.444 e. The zero-order valence-corrected chi connectivity index (χ0v) is 13.7. The molecule has 1 atom stereocenters. The summed E-state index contributed by atoms with van der Waals surface area (Å²) in [7, 11) is 0. The van der Waals surface area contributed by atoms with Crippen molar-refractivity contribution in [2.24, 2.45) is 17.6 Å². The minimum absolute atomic E-state index is 0. The highest BCUT2D eigenvalue weighted by atomic mass is 35.5. The Kier molecular flexibility index (Phi) is 6.14. The number of carbonyl (C=O) groups excluding carboxylic acids is 1. The van der Waals surface area contributed by atoms with Crippen molar-refractivity contribution in [2.45, 2.75) is 64.5 Å². The number of amides is 1. The maximum Gasteiger partial charge on any atom is 0.410 e. The highest BCUT2D eigenvalue weighted by molar-refractivity contribution is 5.85. The van der Waals surface area contributed by atoms with E-state index in [1.54, 1.807) is 0 Å². The largest absolute Gasteiger partial charge is 0.444 e. The highest BCUT2D eigenvalue weighted by Gasteiger charge is 2.32. The van der Waals surface area contributed by atoms with Crippen molar-refractivity contribution in [1.29, 1.82) is 0 Å². The Balaban J connectivity index is 0.00000200. The van der Waals surface area contributed by atoms with Crippen LogP contribution in [-0.2, 0) is 4.74 Å². The molecule has 0 aromatic rings. The molecule has 0 aromatic carbocycles. The fraction of sp³-hybridized carbons (Fsp3) is 0.933. The summed E-state index contributed by atoms with van der Waals surface area (Å²) in [4.78, 5) is 13.8. The second kappa shape index (κ2) is 6.99. The first kappa shape index (κ1) is 17.6. The van der Waals surface area contributed by atoms with Gasteiger partial charge in [-0.15, -0.1) is 12.4 Å². The molecule has 1 amide bonds. The van der Waals surface area contributed by atoms with E-state index in [0.717, 1.165) is 38.3 Å². The van der Waals surface area contributed by atoms with Crippen molar-refractivity contribution in [2.75, 3.05) is 13.1 Å².